The van der Waals surface area contributed by atoms with Crippen molar-refractivity contribution in [3.8, 4) is 0 Å². The second-order valence-electron chi connectivity index (χ2n) is 4.05. The summed E-state index contributed by atoms with van der Waals surface area (Å²) in [5.74, 6) is -0.202. The van der Waals surface area contributed by atoms with E-state index in [1.807, 2.05) is 13.8 Å². The van der Waals surface area contributed by atoms with Gasteiger partial charge in [-0.15, -0.1) is 0 Å². The van der Waals surface area contributed by atoms with Gasteiger partial charge in [-0.05, 0) is 26.7 Å². The molecule has 0 aliphatic carbocycles. The lowest BCUT2D eigenvalue weighted by atomic mass is 9.91. The van der Waals surface area contributed by atoms with E-state index in [1.54, 1.807) is 13.8 Å². The summed E-state index contributed by atoms with van der Waals surface area (Å²) in [6, 6.07) is 0. The van der Waals surface area contributed by atoms with Crippen LogP contribution in [0.2, 0.25) is 0 Å². The first-order valence-electron chi connectivity index (χ1n) is 4.91. The molecule has 1 fully saturated rings. The predicted octanol–water partition coefficient (Wildman–Crippen LogP) is 1.59. The van der Waals surface area contributed by atoms with Crippen LogP contribution in [0.5, 0.6) is 0 Å². The highest BCUT2D eigenvalue weighted by molar-refractivity contribution is 6.45. The second kappa shape index (κ2) is 3.30. The number of hydrogen-bond donors (Lipinski definition) is 0. The summed E-state index contributed by atoms with van der Waals surface area (Å²) in [7, 11) is 0. The molecule has 0 spiro atoms. The van der Waals surface area contributed by atoms with Crippen molar-refractivity contribution in [2.45, 2.75) is 51.7 Å². The van der Waals surface area contributed by atoms with Crippen LogP contribution in [-0.4, -0.2) is 27.5 Å². The van der Waals surface area contributed by atoms with Crippen LogP contribution in [-0.2, 0) is 9.53 Å². The first-order chi connectivity index (χ1) is 6.43. The van der Waals surface area contributed by atoms with Gasteiger partial charge in [-0.25, -0.2) is 0 Å². The number of carbonyl (C=O) groups is 1. The molecule has 14 heavy (non-hydrogen) atoms. The van der Waals surface area contributed by atoms with E-state index in [1.165, 1.54) is 0 Å². The molecule has 0 aromatic carbocycles. The molecule has 1 rings (SSSR count). The highest BCUT2D eigenvalue weighted by atomic mass is 16.5. The molecule has 1 aliphatic rings. The van der Waals surface area contributed by atoms with Crippen LogP contribution < -0.4 is 0 Å². The molecule has 1 saturated heterocycles. The smallest absolute Gasteiger partial charge is 0.361 e. The average Bonchev–Trinajstić information content (AvgIpc) is 2.37. The lowest BCUT2D eigenvalue weighted by Gasteiger charge is -2.23. The molecule has 0 N–H and O–H groups in total. The van der Waals surface area contributed by atoms with E-state index in [-0.39, 0.29) is 11.5 Å². The fourth-order valence-electron chi connectivity index (χ4n) is 1.71. The van der Waals surface area contributed by atoms with Crippen molar-refractivity contribution in [3.05, 3.63) is 5.53 Å². The van der Waals surface area contributed by atoms with Gasteiger partial charge in [0.15, 0.2) is 5.60 Å². The molecule has 0 bridgehead atoms. The molecule has 0 aromatic rings. The van der Waals surface area contributed by atoms with E-state index in [4.69, 9.17) is 10.3 Å². The Balaban J connectivity index is 3.22. The van der Waals surface area contributed by atoms with Crippen LogP contribution in [0.4, 0.5) is 0 Å². The minimum atomic E-state index is -0.827. The lowest BCUT2D eigenvalue weighted by molar-refractivity contribution is -0.136. The summed E-state index contributed by atoms with van der Waals surface area (Å²) in [4.78, 5) is 14.9. The first kappa shape index (κ1) is 11.1. The van der Waals surface area contributed by atoms with E-state index in [9.17, 15) is 4.79 Å². The van der Waals surface area contributed by atoms with Gasteiger partial charge in [0, 0.05) is 0 Å². The third kappa shape index (κ3) is 1.31. The van der Waals surface area contributed by atoms with Crippen LogP contribution in [0.3, 0.4) is 0 Å². The maximum atomic E-state index is 11.8. The molecule has 4 heteroatoms. The molecule has 4 nitrogen and oxygen atoms in total. The average molecular weight is 196 g/mol. The van der Waals surface area contributed by atoms with Crippen LogP contribution in [0.15, 0.2) is 0 Å². The fraction of sp³-hybridized carbons (Fsp3) is 0.800. The number of ketones is 1. The Morgan fingerprint density at radius 1 is 1.29 bits per heavy atom. The molecule has 0 amide bonds. The van der Waals surface area contributed by atoms with Crippen molar-refractivity contribution < 1.29 is 14.3 Å². The van der Waals surface area contributed by atoms with Crippen molar-refractivity contribution in [1.82, 2.24) is 0 Å². The van der Waals surface area contributed by atoms with Gasteiger partial charge in [0.25, 0.3) is 5.78 Å². The topological polar surface area (TPSA) is 62.7 Å². The predicted molar refractivity (Wildman–Crippen MR) is 52.1 cm³/mol. The molecule has 1 aliphatic heterocycles. The fourth-order valence-corrected chi connectivity index (χ4v) is 1.71. The van der Waals surface area contributed by atoms with Crippen LogP contribution in [0.25, 0.3) is 5.53 Å². The molecule has 0 radical (unpaired) electrons. The molecule has 2 unspecified atom stereocenters. The normalized spacial score (nSPS) is 37.4. The van der Waals surface area contributed by atoms with Crippen LogP contribution in [0, 0.1) is 0 Å². The maximum absolute atomic E-state index is 11.8. The third-order valence-electron chi connectivity index (χ3n) is 3.10. The lowest BCUT2D eigenvalue weighted by Crippen LogP contribution is -2.34. The van der Waals surface area contributed by atoms with Gasteiger partial charge in [0.1, 0.15) is 5.60 Å². The van der Waals surface area contributed by atoms with Gasteiger partial charge in [-0.1, -0.05) is 13.8 Å². The molecule has 0 aromatic heterocycles. The quantitative estimate of drug-likeness (QED) is 0.497. The van der Waals surface area contributed by atoms with Crippen LogP contribution in [0.1, 0.15) is 40.5 Å². The third-order valence-corrected chi connectivity index (χ3v) is 3.10. The number of hydrogen-bond acceptors (Lipinski definition) is 2. The zero-order valence-corrected chi connectivity index (χ0v) is 9.13. The molecular weight excluding hydrogens is 180 g/mol. The number of Topliss-reactive ketones (excluding diaryl/α,β-unsaturated/α-hetero) is 1. The Kier molecular flexibility index (Phi) is 2.61. The minimum absolute atomic E-state index is 0.143. The van der Waals surface area contributed by atoms with Crippen molar-refractivity contribution in [2.75, 3.05) is 0 Å². The Morgan fingerprint density at radius 3 is 2.07 bits per heavy atom. The molecule has 1 heterocycles. The molecule has 2 atom stereocenters. The van der Waals surface area contributed by atoms with Gasteiger partial charge in [-0.2, -0.15) is 4.79 Å². The Morgan fingerprint density at radius 2 is 1.79 bits per heavy atom. The van der Waals surface area contributed by atoms with Crippen molar-refractivity contribution >= 4 is 11.5 Å². The second-order valence-corrected chi connectivity index (χ2v) is 4.05. The largest absolute Gasteiger partial charge is 0.368 e. The van der Waals surface area contributed by atoms with E-state index < -0.39 is 11.2 Å². The molecule has 78 valence electrons. The van der Waals surface area contributed by atoms with Gasteiger partial charge >= 0.3 is 5.71 Å². The van der Waals surface area contributed by atoms with E-state index in [2.05, 4.69) is 4.79 Å². The summed E-state index contributed by atoms with van der Waals surface area (Å²) >= 11 is 0. The van der Waals surface area contributed by atoms with Crippen molar-refractivity contribution in [1.29, 1.82) is 0 Å². The van der Waals surface area contributed by atoms with Gasteiger partial charge in [0.2, 0.25) is 0 Å². The summed E-state index contributed by atoms with van der Waals surface area (Å²) in [5, 5.41) is 0. The maximum Gasteiger partial charge on any atom is 0.368 e. The number of rotatable bonds is 2. The van der Waals surface area contributed by atoms with Gasteiger partial charge in [-0.3, -0.25) is 4.79 Å². The standard InChI is InChI=1S/C10H16N2O2/c1-5-9(3)7(12-11)8(13)10(4,6-2)14-9/h5-6H2,1-4H3. The van der Waals surface area contributed by atoms with Crippen molar-refractivity contribution in [2.24, 2.45) is 0 Å². The zero-order chi connectivity index (χ0) is 11.0. The van der Waals surface area contributed by atoms with E-state index in [0.29, 0.717) is 12.8 Å². The van der Waals surface area contributed by atoms with Gasteiger partial charge < -0.3 is 10.3 Å². The molecular formula is C10H16N2O2. The summed E-state index contributed by atoms with van der Waals surface area (Å²) in [6.45, 7) is 7.30. The Hall–Kier alpha value is -0.990. The monoisotopic (exact) mass is 196 g/mol. The van der Waals surface area contributed by atoms with E-state index in [0.717, 1.165) is 0 Å². The Bertz CT molecular complexity index is 320. The zero-order valence-electron chi connectivity index (χ0n) is 9.13. The summed E-state index contributed by atoms with van der Waals surface area (Å²) in [5.41, 5.74) is 7.39. The summed E-state index contributed by atoms with van der Waals surface area (Å²) in [6.07, 6.45) is 1.20. The van der Waals surface area contributed by atoms with E-state index >= 15 is 0 Å². The summed E-state index contributed by atoms with van der Waals surface area (Å²) < 4.78 is 5.71. The van der Waals surface area contributed by atoms with Crippen LogP contribution >= 0.6 is 0 Å². The van der Waals surface area contributed by atoms with Gasteiger partial charge in [0.05, 0.1) is 0 Å². The number of ether oxygens (including phenoxy) is 1. The highest BCUT2D eigenvalue weighted by Gasteiger charge is 2.60. The number of carbonyl (C=O) groups excluding carboxylic acids is 1. The number of nitrogens with zero attached hydrogens (tertiary/aromatic N) is 2. The Labute approximate surface area is 83.9 Å². The first-order valence-corrected chi connectivity index (χ1v) is 4.91. The van der Waals surface area contributed by atoms with Crippen molar-refractivity contribution in [3.63, 3.8) is 0 Å². The highest BCUT2D eigenvalue weighted by Crippen LogP contribution is 2.36. The molecule has 0 saturated carbocycles. The SMILES string of the molecule is CCC1(C)OC(C)(CC)C(=[N+]=[N-])C1=O. The minimum Gasteiger partial charge on any atom is -0.361 e.